The first-order chi connectivity index (χ1) is 8.20. The number of thiophene rings is 1. The quantitative estimate of drug-likeness (QED) is 0.885. The van der Waals surface area contributed by atoms with Gasteiger partial charge in [-0.25, -0.2) is 0 Å². The summed E-state index contributed by atoms with van der Waals surface area (Å²) in [5, 5.41) is 3.58. The van der Waals surface area contributed by atoms with Crippen LogP contribution in [-0.2, 0) is 4.74 Å². The number of halogens is 1. The molecule has 0 spiro atoms. The molecule has 0 bridgehead atoms. The molecule has 2 heterocycles. The summed E-state index contributed by atoms with van der Waals surface area (Å²) in [6.07, 6.45) is 3.96. The second-order valence-corrected chi connectivity index (χ2v) is 6.69. The van der Waals surface area contributed by atoms with Gasteiger partial charge in [0, 0.05) is 26.9 Å². The summed E-state index contributed by atoms with van der Waals surface area (Å²) in [6, 6.07) is 2.64. The Hall–Kier alpha value is 0.100. The van der Waals surface area contributed by atoms with Crippen LogP contribution in [0.15, 0.2) is 10.5 Å². The van der Waals surface area contributed by atoms with E-state index in [1.54, 1.807) is 0 Å². The van der Waals surface area contributed by atoms with E-state index in [1.807, 2.05) is 11.3 Å². The highest BCUT2D eigenvalue weighted by molar-refractivity contribution is 9.10. The van der Waals surface area contributed by atoms with E-state index >= 15 is 0 Å². The smallest absolute Gasteiger partial charge is 0.0594 e. The second kappa shape index (κ2) is 6.32. The van der Waals surface area contributed by atoms with Crippen molar-refractivity contribution in [2.75, 3.05) is 13.2 Å². The van der Waals surface area contributed by atoms with Crippen LogP contribution in [0.1, 0.15) is 42.0 Å². The largest absolute Gasteiger partial charge is 0.378 e. The summed E-state index contributed by atoms with van der Waals surface area (Å²) in [4.78, 5) is 2.78. The molecule has 0 saturated carbocycles. The van der Waals surface area contributed by atoms with Crippen LogP contribution in [0.25, 0.3) is 0 Å². The van der Waals surface area contributed by atoms with Crippen molar-refractivity contribution in [2.45, 2.75) is 45.3 Å². The van der Waals surface area contributed by atoms with Crippen molar-refractivity contribution in [1.82, 2.24) is 5.32 Å². The fraction of sp³-hybridized carbons (Fsp3) is 0.692. The summed E-state index contributed by atoms with van der Waals surface area (Å²) in [7, 11) is 0. The first kappa shape index (κ1) is 13.5. The Kier molecular flexibility index (Phi) is 5.03. The first-order valence-electron chi connectivity index (χ1n) is 6.31. The van der Waals surface area contributed by atoms with Gasteiger partial charge in [0.15, 0.2) is 0 Å². The highest BCUT2D eigenvalue weighted by atomic mass is 79.9. The predicted octanol–water partition coefficient (Wildman–Crippen LogP) is 4.04. The van der Waals surface area contributed by atoms with Crippen LogP contribution in [0.3, 0.4) is 0 Å². The van der Waals surface area contributed by atoms with Crippen LogP contribution in [0.2, 0.25) is 0 Å². The summed E-state index contributed by atoms with van der Waals surface area (Å²) in [5.41, 5.74) is 0. The molecule has 2 unspecified atom stereocenters. The first-order valence-corrected chi connectivity index (χ1v) is 7.92. The molecule has 1 aliphatic rings. The molecule has 1 aliphatic heterocycles. The molecule has 2 nitrogen and oxygen atoms in total. The Balaban J connectivity index is 2.07. The van der Waals surface area contributed by atoms with E-state index in [-0.39, 0.29) is 0 Å². The maximum atomic E-state index is 5.75. The molecule has 1 aromatic rings. The van der Waals surface area contributed by atoms with Gasteiger partial charge in [0.25, 0.3) is 0 Å². The molecular weight excluding hydrogens is 298 g/mol. The van der Waals surface area contributed by atoms with Crippen LogP contribution in [-0.4, -0.2) is 19.3 Å². The average molecular weight is 318 g/mol. The van der Waals surface area contributed by atoms with Crippen LogP contribution in [0.4, 0.5) is 0 Å². The standard InChI is InChI=1S/C13H20BrNOS/c1-3-15-12(8-10-5-4-6-16-10)13-11(14)7-9(2)17-13/h7,10,12,15H,3-6,8H2,1-2H3. The Bertz CT molecular complexity index is 360. The highest BCUT2D eigenvalue weighted by Gasteiger charge is 2.23. The summed E-state index contributed by atoms with van der Waals surface area (Å²) < 4.78 is 6.99. The number of nitrogens with one attached hydrogen (secondary N) is 1. The molecule has 1 N–H and O–H groups in total. The highest BCUT2D eigenvalue weighted by Crippen LogP contribution is 2.35. The van der Waals surface area contributed by atoms with Crippen LogP contribution < -0.4 is 5.32 Å². The molecule has 1 fully saturated rings. The van der Waals surface area contributed by atoms with Gasteiger partial charge in [0.1, 0.15) is 0 Å². The number of ether oxygens (including phenoxy) is 1. The SMILES string of the molecule is CCNC(CC1CCCO1)c1sc(C)cc1Br. The van der Waals surface area contributed by atoms with Gasteiger partial charge < -0.3 is 10.1 Å². The molecule has 1 saturated heterocycles. The van der Waals surface area contributed by atoms with E-state index in [0.717, 1.165) is 19.6 Å². The lowest BCUT2D eigenvalue weighted by Gasteiger charge is -2.20. The Labute approximate surface area is 116 Å². The third kappa shape index (κ3) is 3.53. The normalized spacial score (nSPS) is 21.9. The maximum absolute atomic E-state index is 5.75. The topological polar surface area (TPSA) is 21.3 Å². The van der Waals surface area contributed by atoms with E-state index in [4.69, 9.17) is 4.74 Å². The minimum atomic E-state index is 0.427. The van der Waals surface area contributed by atoms with Gasteiger partial charge in [-0.05, 0) is 54.7 Å². The van der Waals surface area contributed by atoms with Gasteiger partial charge in [-0.1, -0.05) is 6.92 Å². The number of rotatable bonds is 5. The number of hydrogen-bond donors (Lipinski definition) is 1. The van der Waals surface area contributed by atoms with Crippen molar-refractivity contribution in [1.29, 1.82) is 0 Å². The van der Waals surface area contributed by atoms with Gasteiger partial charge in [0.05, 0.1) is 6.10 Å². The average Bonchev–Trinajstić information content (AvgIpc) is 2.88. The van der Waals surface area contributed by atoms with Gasteiger partial charge in [-0.3, -0.25) is 0 Å². The molecule has 0 aliphatic carbocycles. The van der Waals surface area contributed by atoms with Crippen LogP contribution >= 0.6 is 27.3 Å². The Morgan fingerprint density at radius 2 is 2.47 bits per heavy atom. The summed E-state index contributed by atoms with van der Waals surface area (Å²) in [6.45, 7) is 6.26. The summed E-state index contributed by atoms with van der Waals surface area (Å²) >= 11 is 5.55. The van der Waals surface area contributed by atoms with E-state index in [2.05, 4.69) is 41.2 Å². The van der Waals surface area contributed by atoms with Gasteiger partial charge >= 0.3 is 0 Å². The third-order valence-corrected chi connectivity index (χ3v) is 5.21. The van der Waals surface area contributed by atoms with Gasteiger partial charge in [0.2, 0.25) is 0 Å². The lowest BCUT2D eigenvalue weighted by atomic mass is 10.1. The minimum absolute atomic E-state index is 0.427. The zero-order valence-electron chi connectivity index (χ0n) is 10.5. The zero-order chi connectivity index (χ0) is 12.3. The zero-order valence-corrected chi connectivity index (χ0v) is 12.9. The van der Waals surface area contributed by atoms with Gasteiger partial charge in [-0.15, -0.1) is 11.3 Å². The molecule has 0 amide bonds. The van der Waals surface area contributed by atoms with E-state index in [0.29, 0.717) is 12.1 Å². The molecule has 1 aromatic heterocycles. The van der Waals surface area contributed by atoms with Gasteiger partial charge in [-0.2, -0.15) is 0 Å². The maximum Gasteiger partial charge on any atom is 0.0594 e. The third-order valence-electron chi connectivity index (χ3n) is 3.13. The number of aryl methyl sites for hydroxylation is 1. The fourth-order valence-electron chi connectivity index (χ4n) is 2.36. The van der Waals surface area contributed by atoms with E-state index < -0.39 is 0 Å². The Morgan fingerprint density at radius 3 is 3.00 bits per heavy atom. The fourth-order valence-corrected chi connectivity index (χ4v) is 4.38. The monoisotopic (exact) mass is 317 g/mol. The van der Waals surface area contributed by atoms with Crippen molar-refractivity contribution in [2.24, 2.45) is 0 Å². The number of hydrogen-bond acceptors (Lipinski definition) is 3. The molecule has 96 valence electrons. The lowest BCUT2D eigenvalue weighted by Crippen LogP contribution is -2.24. The van der Waals surface area contributed by atoms with Crippen LogP contribution in [0.5, 0.6) is 0 Å². The molecule has 2 atom stereocenters. The molecule has 0 aromatic carbocycles. The minimum Gasteiger partial charge on any atom is -0.378 e. The summed E-state index contributed by atoms with van der Waals surface area (Å²) in [5.74, 6) is 0. The molecule has 0 radical (unpaired) electrons. The lowest BCUT2D eigenvalue weighted by molar-refractivity contribution is 0.0950. The predicted molar refractivity (Wildman–Crippen MR) is 76.8 cm³/mol. The van der Waals surface area contributed by atoms with Crippen LogP contribution in [0, 0.1) is 6.92 Å². The van der Waals surface area contributed by atoms with Crippen molar-refractivity contribution in [3.8, 4) is 0 Å². The van der Waals surface area contributed by atoms with E-state index in [9.17, 15) is 0 Å². The van der Waals surface area contributed by atoms with E-state index in [1.165, 1.54) is 27.1 Å². The van der Waals surface area contributed by atoms with Crippen molar-refractivity contribution in [3.63, 3.8) is 0 Å². The molecule has 17 heavy (non-hydrogen) atoms. The second-order valence-electron chi connectivity index (χ2n) is 4.55. The Morgan fingerprint density at radius 1 is 1.65 bits per heavy atom. The molecule has 4 heteroatoms. The van der Waals surface area contributed by atoms with Crippen molar-refractivity contribution >= 4 is 27.3 Å². The van der Waals surface area contributed by atoms with Crippen molar-refractivity contribution in [3.05, 3.63) is 20.3 Å². The molecule has 2 rings (SSSR count). The van der Waals surface area contributed by atoms with Crippen molar-refractivity contribution < 1.29 is 4.74 Å². The molecular formula is C13H20BrNOS.